The van der Waals surface area contributed by atoms with E-state index in [1.807, 2.05) is 25.1 Å². The van der Waals surface area contributed by atoms with Gasteiger partial charge in [-0.3, -0.25) is 9.79 Å². The molecule has 0 heterocycles. The van der Waals surface area contributed by atoms with Crippen molar-refractivity contribution >= 4 is 35.8 Å². The van der Waals surface area contributed by atoms with Gasteiger partial charge in [-0.05, 0) is 42.8 Å². The average molecular weight is 550 g/mol. The number of hydrogen-bond donors (Lipinski definition) is 3. The zero-order chi connectivity index (χ0) is 22.1. The SMILES string of the molecule is CN=C(NCCNC(=O)c1ccc(C(F)(F)F)cc1)NCc1ccc(C)cc1OC.I. The van der Waals surface area contributed by atoms with E-state index in [-0.39, 0.29) is 36.1 Å². The number of carbonyl (C=O) groups is 1. The maximum Gasteiger partial charge on any atom is 0.416 e. The second-order valence-corrected chi connectivity index (χ2v) is 6.50. The van der Waals surface area contributed by atoms with Crippen molar-refractivity contribution in [2.75, 3.05) is 27.2 Å². The summed E-state index contributed by atoms with van der Waals surface area (Å²) in [4.78, 5) is 16.2. The van der Waals surface area contributed by atoms with Crippen molar-refractivity contribution in [2.24, 2.45) is 4.99 Å². The molecule has 0 aromatic heterocycles. The molecular weight excluding hydrogens is 524 g/mol. The Bertz CT molecular complexity index is 887. The molecule has 0 radical (unpaired) electrons. The largest absolute Gasteiger partial charge is 0.496 e. The number of methoxy groups -OCH3 is 1. The molecule has 0 unspecified atom stereocenters. The molecule has 2 aromatic rings. The maximum absolute atomic E-state index is 12.6. The van der Waals surface area contributed by atoms with Crippen LogP contribution in [0.1, 0.15) is 27.0 Å². The van der Waals surface area contributed by atoms with Gasteiger partial charge in [-0.2, -0.15) is 13.2 Å². The Balaban J connectivity index is 0.00000480. The van der Waals surface area contributed by atoms with Crippen LogP contribution in [0.15, 0.2) is 47.5 Å². The fourth-order valence-corrected chi connectivity index (χ4v) is 2.67. The lowest BCUT2D eigenvalue weighted by Crippen LogP contribution is -2.41. The summed E-state index contributed by atoms with van der Waals surface area (Å²) in [7, 11) is 3.24. The van der Waals surface area contributed by atoms with E-state index >= 15 is 0 Å². The van der Waals surface area contributed by atoms with Gasteiger partial charge in [0.1, 0.15) is 5.75 Å². The lowest BCUT2D eigenvalue weighted by Gasteiger charge is -2.14. The van der Waals surface area contributed by atoms with Crippen LogP contribution >= 0.6 is 24.0 Å². The number of hydrogen-bond acceptors (Lipinski definition) is 3. The molecule has 31 heavy (non-hydrogen) atoms. The van der Waals surface area contributed by atoms with E-state index in [1.165, 1.54) is 0 Å². The number of halogens is 4. The molecule has 1 amide bonds. The molecule has 6 nitrogen and oxygen atoms in total. The first kappa shape index (κ1) is 26.5. The van der Waals surface area contributed by atoms with Crippen molar-refractivity contribution in [1.29, 1.82) is 0 Å². The number of rotatable bonds is 7. The summed E-state index contributed by atoms with van der Waals surface area (Å²) < 4.78 is 43.1. The van der Waals surface area contributed by atoms with Crippen molar-refractivity contribution in [1.82, 2.24) is 16.0 Å². The van der Waals surface area contributed by atoms with Crippen LogP contribution in [0.5, 0.6) is 5.75 Å². The molecule has 0 aliphatic carbocycles. The van der Waals surface area contributed by atoms with Crippen LogP contribution in [-0.2, 0) is 12.7 Å². The molecule has 0 spiro atoms. The Kier molecular flexibility index (Phi) is 10.6. The normalized spacial score (nSPS) is 11.4. The van der Waals surface area contributed by atoms with Gasteiger partial charge in [-0.25, -0.2) is 0 Å². The highest BCUT2D eigenvalue weighted by Crippen LogP contribution is 2.29. The third kappa shape index (κ3) is 8.27. The summed E-state index contributed by atoms with van der Waals surface area (Å²) in [6, 6.07) is 9.99. The predicted molar refractivity (Wildman–Crippen MR) is 125 cm³/mol. The summed E-state index contributed by atoms with van der Waals surface area (Å²) in [5, 5.41) is 8.87. The number of alkyl halides is 3. The van der Waals surface area contributed by atoms with Crippen LogP contribution in [0.25, 0.3) is 0 Å². The third-order valence-electron chi connectivity index (χ3n) is 4.29. The van der Waals surface area contributed by atoms with E-state index in [0.29, 0.717) is 19.0 Å². The highest BCUT2D eigenvalue weighted by molar-refractivity contribution is 14.0. The molecule has 2 rings (SSSR count). The molecule has 0 saturated carbocycles. The van der Waals surface area contributed by atoms with Crippen molar-refractivity contribution in [3.05, 3.63) is 64.7 Å². The number of aliphatic imine (C=N–C) groups is 1. The van der Waals surface area contributed by atoms with Crippen molar-refractivity contribution in [3.8, 4) is 5.75 Å². The third-order valence-corrected chi connectivity index (χ3v) is 4.29. The summed E-state index contributed by atoms with van der Waals surface area (Å²) >= 11 is 0. The average Bonchev–Trinajstić information content (AvgIpc) is 2.73. The lowest BCUT2D eigenvalue weighted by molar-refractivity contribution is -0.137. The van der Waals surface area contributed by atoms with Crippen LogP contribution in [0.3, 0.4) is 0 Å². The van der Waals surface area contributed by atoms with Gasteiger partial charge in [0.2, 0.25) is 0 Å². The minimum absolute atomic E-state index is 0. The summed E-state index contributed by atoms with van der Waals surface area (Å²) in [6.07, 6.45) is -4.43. The van der Waals surface area contributed by atoms with E-state index in [0.717, 1.165) is 41.1 Å². The molecule has 0 atom stereocenters. The van der Waals surface area contributed by atoms with E-state index in [9.17, 15) is 18.0 Å². The van der Waals surface area contributed by atoms with Crippen LogP contribution in [0, 0.1) is 6.92 Å². The fourth-order valence-electron chi connectivity index (χ4n) is 2.67. The van der Waals surface area contributed by atoms with Gasteiger partial charge in [-0.1, -0.05) is 12.1 Å². The van der Waals surface area contributed by atoms with Gasteiger partial charge in [0, 0.05) is 37.8 Å². The number of nitrogens with one attached hydrogen (secondary N) is 3. The number of nitrogens with zero attached hydrogens (tertiary/aromatic N) is 1. The Labute approximate surface area is 196 Å². The van der Waals surface area contributed by atoms with Gasteiger partial charge < -0.3 is 20.7 Å². The van der Waals surface area contributed by atoms with Gasteiger partial charge in [-0.15, -0.1) is 24.0 Å². The molecule has 0 aliphatic heterocycles. The minimum Gasteiger partial charge on any atom is -0.496 e. The first-order chi connectivity index (χ1) is 14.2. The van der Waals surface area contributed by atoms with Gasteiger partial charge in [0.25, 0.3) is 5.91 Å². The molecule has 0 bridgehead atoms. The highest BCUT2D eigenvalue weighted by atomic mass is 127. The van der Waals surface area contributed by atoms with E-state index in [4.69, 9.17) is 4.74 Å². The Hall–Kier alpha value is -2.50. The first-order valence-corrected chi connectivity index (χ1v) is 9.28. The summed E-state index contributed by atoms with van der Waals surface area (Å²) in [5.41, 5.74) is 1.45. The second kappa shape index (κ2) is 12.4. The van der Waals surface area contributed by atoms with E-state index < -0.39 is 17.6 Å². The molecular formula is C21H26F3IN4O2. The van der Waals surface area contributed by atoms with Crippen LogP contribution in [0.2, 0.25) is 0 Å². The lowest BCUT2D eigenvalue weighted by atomic mass is 10.1. The number of aryl methyl sites for hydroxylation is 1. The van der Waals surface area contributed by atoms with Crippen LogP contribution in [-0.4, -0.2) is 39.1 Å². The highest BCUT2D eigenvalue weighted by Gasteiger charge is 2.30. The zero-order valence-corrected chi connectivity index (χ0v) is 19.8. The van der Waals surface area contributed by atoms with E-state index in [1.54, 1.807) is 14.2 Å². The van der Waals surface area contributed by atoms with E-state index in [2.05, 4.69) is 20.9 Å². The van der Waals surface area contributed by atoms with Gasteiger partial charge in [0.05, 0.1) is 12.7 Å². The number of guanidine groups is 1. The standard InChI is InChI=1S/C21H25F3N4O2.HI/c1-14-4-5-16(18(12-14)30-3)13-28-20(25-2)27-11-10-26-19(29)15-6-8-17(9-7-15)21(22,23)24;/h4-9,12H,10-11,13H2,1-3H3,(H,26,29)(H2,25,27,28);1H. The Morgan fingerprint density at radius 3 is 2.26 bits per heavy atom. The zero-order valence-electron chi connectivity index (χ0n) is 17.5. The smallest absolute Gasteiger partial charge is 0.416 e. The molecule has 0 saturated heterocycles. The van der Waals surface area contributed by atoms with Crippen molar-refractivity contribution in [3.63, 3.8) is 0 Å². The number of ether oxygens (including phenoxy) is 1. The summed E-state index contributed by atoms with van der Waals surface area (Å²) in [5.74, 6) is 0.876. The Morgan fingerprint density at radius 2 is 1.68 bits per heavy atom. The minimum atomic E-state index is -4.43. The fraction of sp³-hybridized carbons (Fsp3) is 0.333. The molecule has 2 aromatic carbocycles. The first-order valence-electron chi connectivity index (χ1n) is 9.28. The Morgan fingerprint density at radius 1 is 1.03 bits per heavy atom. The molecule has 0 aliphatic rings. The molecule has 0 fully saturated rings. The quantitative estimate of drug-likeness (QED) is 0.213. The molecule has 3 N–H and O–H groups in total. The van der Waals surface area contributed by atoms with Crippen molar-refractivity contribution < 1.29 is 22.7 Å². The van der Waals surface area contributed by atoms with Crippen LogP contribution in [0.4, 0.5) is 13.2 Å². The van der Waals surface area contributed by atoms with Gasteiger partial charge >= 0.3 is 6.18 Å². The predicted octanol–water partition coefficient (Wildman–Crippen LogP) is 3.74. The molecule has 170 valence electrons. The maximum atomic E-state index is 12.6. The number of benzene rings is 2. The number of amides is 1. The summed E-state index contributed by atoms with van der Waals surface area (Å²) in [6.45, 7) is 3.14. The topological polar surface area (TPSA) is 74.8 Å². The second-order valence-electron chi connectivity index (χ2n) is 6.50. The van der Waals surface area contributed by atoms with Gasteiger partial charge in [0.15, 0.2) is 5.96 Å². The number of carbonyl (C=O) groups excluding carboxylic acids is 1. The monoisotopic (exact) mass is 550 g/mol. The molecule has 10 heteroatoms. The van der Waals surface area contributed by atoms with Crippen molar-refractivity contribution in [2.45, 2.75) is 19.6 Å². The van der Waals surface area contributed by atoms with Crippen LogP contribution < -0.4 is 20.7 Å².